The van der Waals surface area contributed by atoms with Crippen LogP contribution in [0.3, 0.4) is 0 Å². The van der Waals surface area contributed by atoms with E-state index in [1.54, 1.807) is 0 Å². The van der Waals surface area contributed by atoms with Gasteiger partial charge in [-0.1, -0.05) is 6.42 Å². The molecular formula is C10H14FeN7. The molecule has 97 valence electrons. The van der Waals surface area contributed by atoms with E-state index in [0.717, 1.165) is 25.9 Å². The summed E-state index contributed by atoms with van der Waals surface area (Å²) >= 11 is 0. The van der Waals surface area contributed by atoms with Crippen LogP contribution in [0.1, 0.15) is 19.3 Å². The number of unbranched alkanes of at least 4 members (excludes halogenated alkanes) is 2. The monoisotopic (exact) mass is 288 g/mol. The smallest absolute Gasteiger partial charge is 0.512 e. The molecule has 0 atom stereocenters. The first-order chi connectivity index (χ1) is 8.41. The third-order valence-electron chi connectivity index (χ3n) is 0.908. The van der Waals surface area contributed by atoms with E-state index < -0.39 is 0 Å². The van der Waals surface area contributed by atoms with Crippen LogP contribution in [0.4, 0.5) is 0 Å². The van der Waals surface area contributed by atoms with Crippen molar-refractivity contribution in [1.82, 2.24) is 0 Å². The molecule has 0 unspecified atom stereocenters. The SMILES string of the molecule is NCCCCCN.[C-]#N.[C-]#N.[C-]#N.[C-]#N.[C-]#N.[Fe+5]. The number of nitrogens with zero attached hydrogens (tertiary/aromatic N) is 5. The molecule has 0 aliphatic carbocycles. The summed E-state index contributed by atoms with van der Waals surface area (Å²) in [5, 5.41) is 31.2. The first kappa shape index (κ1) is 44.6. The number of hydrogen-bond donors (Lipinski definition) is 2. The second-order valence-corrected chi connectivity index (χ2v) is 1.64. The van der Waals surface area contributed by atoms with Gasteiger partial charge in [-0.2, -0.15) is 0 Å². The van der Waals surface area contributed by atoms with E-state index in [1.807, 2.05) is 0 Å². The van der Waals surface area contributed by atoms with Gasteiger partial charge in [0.15, 0.2) is 0 Å². The zero-order valence-electron chi connectivity index (χ0n) is 9.78. The minimum Gasteiger partial charge on any atom is -0.512 e. The van der Waals surface area contributed by atoms with Crippen molar-refractivity contribution in [2.45, 2.75) is 19.3 Å². The Kier molecular flexibility index (Phi) is 852. The minimum atomic E-state index is 0. The number of rotatable bonds is 4. The maximum absolute atomic E-state index is 6.25. The standard InChI is InChI=1S/C5H14N2.5CN.Fe/c6-4-2-1-3-5-7;5*1-2;/h1-7H2;;;;;;/q;5*-1;+5. The molecule has 1 radical (unpaired) electrons. The molecule has 0 aliphatic rings. The summed E-state index contributed by atoms with van der Waals surface area (Å²) in [5.74, 6) is 0. The van der Waals surface area contributed by atoms with Crippen molar-refractivity contribution in [2.75, 3.05) is 13.1 Å². The molecule has 18 heavy (non-hydrogen) atoms. The van der Waals surface area contributed by atoms with Gasteiger partial charge in [-0.25, -0.2) is 0 Å². The Bertz CT molecular complexity index is 132. The van der Waals surface area contributed by atoms with Crippen molar-refractivity contribution < 1.29 is 17.1 Å². The van der Waals surface area contributed by atoms with Gasteiger partial charge in [-0.15, -0.1) is 0 Å². The predicted octanol–water partition coefficient (Wildman–Crippen LogP) is 0.553. The van der Waals surface area contributed by atoms with Gasteiger partial charge in [0, 0.05) is 0 Å². The summed E-state index contributed by atoms with van der Waals surface area (Å²) in [5.41, 5.74) is 10.5. The van der Waals surface area contributed by atoms with Crippen molar-refractivity contribution in [3.8, 4) is 0 Å². The molecule has 0 rings (SSSR count). The molecule has 0 aromatic rings. The van der Waals surface area contributed by atoms with Gasteiger partial charge in [0.05, 0.1) is 0 Å². The molecule has 4 N–H and O–H groups in total. The van der Waals surface area contributed by atoms with E-state index in [0.29, 0.717) is 0 Å². The first-order valence-corrected chi connectivity index (χ1v) is 3.93. The summed E-state index contributed by atoms with van der Waals surface area (Å²) in [6.07, 6.45) is 3.43. The van der Waals surface area contributed by atoms with Crippen molar-refractivity contribution in [2.24, 2.45) is 11.5 Å². The fourth-order valence-corrected chi connectivity index (χ4v) is 0.465. The predicted molar refractivity (Wildman–Crippen MR) is 56.8 cm³/mol. The van der Waals surface area contributed by atoms with Crippen molar-refractivity contribution >= 4 is 0 Å². The average molecular weight is 288 g/mol. The molecule has 7 nitrogen and oxygen atoms in total. The zero-order chi connectivity index (χ0) is 15.5. The normalized spacial score (nSPS) is 4.22. The van der Waals surface area contributed by atoms with Crippen molar-refractivity contribution in [3.63, 3.8) is 0 Å². The quantitative estimate of drug-likeness (QED) is 0.431. The number of hydrogen-bond acceptors (Lipinski definition) is 7. The van der Waals surface area contributed by atoms with Gasteiger partial charge in [0.2, 0.25) is 0 Å². The van der Waals surface area contributed by atoms with Gasteiger partial charge in [0.1, 0.15) is 0 Å². The second-order valence-electron chi connectivity index (χ2n) is 1.64. The largest absolute Gasteiger partial charge is 5.00 e. The minimum absolute atomic E-state index is 0. The maximum Gasteiger partial charge on any atom is 5.00 e. The van der Waals surface area contributed by atoms with Crippen LogP contribution in [0.2, 0.25) is 0 Å². The summed E-state index contributed by atoms with van der Waals surface area (Å²) in [4.78, 5) is 0. The Morgan fingerprint density at radius 1 is 0.500 bits per heavy atom. The fraction of sp³-hybridized carbons (Fsp3) is 0.500. The van der Waals surface area contributed by atoms with Crippen LogP contribution in [-0.2, 0) is 17.1 Å². The van der Waals surface area contributed by atoms with Gasteiger partial charge < -0.3 is 70.6 Å². The maximum atomic E-state index is 6.25. The van der Waals surface area contributed by atoms with Crippen molar-refractivity contribution in [1.29, 1.82) is 26.3 Å². The Hall–Kier alpha value is -2.11. The third kappa shape index (κ3) is 646. The van der Waals surface area contributed by atoms with E-state index in [2.05, 4.69) is 0 Å². The molecule has 8 heteroatoms. The molecule has 0 heterocycles. The van der Waals surface area contributed by atoms with E-state index in [4.69, 9.17) is 70.6 Å². The average Bonchev–Trinajstić information content (AvgIpc) is 2.50. The van der Waals surface area contributed by atoms with Crippen molar-refractivity contribution in [3.05, 3.63) is 32.9 Å². The molecule has 0 aliphatic heterocycles. The molecule has 0 fully saturated rings. The van der Waals surface area contributed by atoms with Crippen LogP contribution in [0.5, 0.6) is 0 Å². The number of nitrogens with two attached hydrogens (primary N) is 2. The van der Waals surface area contributed by atoms with Crippen LogP contribution in [0, 0.1) is 59.2 Å². The summed E-state index contributed by atoms with van der Waals surface area (Å²) in [7, 11) is 0. The van der Waals surface area contributed by atoms with Crippen LogP contribution < -0.4 is 11.5 Å². The molecule has 0 saturated carbocycles. The molecule has 0 spiro atoms. The topological polar surface area (TPSA) is 171 Å². The summed E-state index contributed by atoms with van der Waals surface area (Å²) < 4.78 is 0. The summed E-state index contributed by atoms with van der Waals surface area (Å²) in [6, 6.07) is 0. The Morgan fingerprint density at radius 3 is 0.778 bits per heavy atom. The zero-order valence-corrected chi connectivity index (χ0v) is 10.9. The van der Waals surface area contributed by atoms with Gasteiger partial charge >= 0.3 is 17.1 Å². The molecule has 0 bridgehead atoms. The molecule has 0 amide bonds. The Morgan fingerprint density at radius 2 is 0.667 bits per heavy atom. The van der Waals surface area contributed by atoms with Gasteiger partial charge in [-0.3, -0.25) is 0 Å². The van der Waals surface area contributed by atoms with E-state index in [-0.39, 0.29) is 17.1 Å². The second kappa shape index (κ2) is 344. The van der Waals surface area contributed by atoms with E-state index >= 15 is 0 Å². The Balaban J connectivity index is -0.0000000189. The molecule has 0 saturated heterocycles. The summed E-state index contributed by atoms with van der Waals surface area (Å²) in [6.45, 7) is 25.4. The molecular weight excluding hydrogens is 274 g/mol. The molecule has 0 aromatic carbocycles. The van der Waals surface area contributed by atoms with E-state index in [1.165, 1.54) is 6.42 Å². The third-order valence-corrected chi connectivity index (χ3v) is 0.908. The first-order valence-electron chi connectivity index (χ1n) is 3.93. The van der Waals surface area contributed by atoms with Crippen LogP contribution in [0.15, 0.2) is 0 Å². The molecule has 0 aromatic heterocycles. The fourth-order valence-electron chi connectivity index (χ4n) is 0.465. The van der Waals surface area contributed by atoms with E-state index in [9.17, 15) is 0 Å². The van der Waals surface area contributed by atoms with Crippen LogP contribution in [-0.4, -0.2) is 13.1 Å². The van der Waals surface area contributed by atoms with Gasteiger partial charge in [0.25, 0.3) is 0 Å². The van der Waals surface area contributed by atoms with Crippen LogP contribution in [0.25, 0.3) is 0 Å². The van der Waals surface area contributed by atoms with Gasteiger partial charge in [-0.05, 0) is 25.9 Å². The van der Waals surface area contributed by atoms with Crippen LogP contribution >= 0.6 is 0 Å². The Labute approximate surface area is 120 Å².